The highest BCUT2D eigenvalue weighted by atomic mass is 32.2. The molecule has 24 heavy (non-hydrogen) atoms. The molecular formula is C19H20N4S. The average molecular weight is 336 g/mol. The van der Waals surface area contributed by atoms with Gasteiger partial charge >= 0.3 is 0 Å². The quantitative estimate of drug-likeness (QED) is 0.617. The molecule has 1 fully saturated rings. The fraction of sp³-hybridized carbons (Fsp3) is 0.316. The summed E-state index contributed by atoms with van der Waals surface area (Å²) in [6.45, 7) is 2.64. The lowest BCUT2D eigenvalue weighted by molar-refractivity contribution is 0.342. The van der Waals surface area contributed by atoms with Crippen LogP contribution in [-0.2, 0) is 6.54 Å². The van der Waals surface area contributed by atoms with Gasteiger partial charge < -0.3 is 9.21 Å². The molecule has 2 aromatic carbocycles. The van der Waals surface area contributed by atoms with Gasteiger partial charge in [-0.3, -0.25) is 0 Å². The van der Waals surface area contributed by atoms with Crippen LogP contribution in [0.5, 0.6) is 0 Å². The summed E-state index contributed by atoms with van der Waals surface area (Å²) >= 11 is 1.77. The summed E-state index contributed by atoms with van der Waals surface area (Å²) in [6.07, 6.45) is 3.34. The molecule has 0 spiro atoms. The lowest BCUT2D eigenvalue weighted by atomic mass is 10.0. The summed E-state index contributed by atoms with van der Waals surface area (Å²) in [7, 11) is 2.12. The molecule has 4 rings (SSSR count). The van der Waals surface area contributed by atoms with E-state index in [4.69, 9.17) is 5.26 Å². The van der Waals surface area contributed by atoms with E-state index >= 15 is 0 Å². The molecule has 0 aliphatic carbocycles. The molecular weight excluding hydrogens is 316 g/mol. The number of nitriles is 1. The van der Waals surface area contributed by atoms with Crippen LogP contribution in [0.2, 0.25) is 0 Å². The van der Waals surface area contributed by atoms with Gasteiger partial charge in [0, 0.05) is 44.9 Å². The Hall–Kier alpha value is -2.16. The Balaban J connectivity index is 1.60. The summed E-state index contributed by atoms with van der Waals surface area (Å²) in [6, 6.07) is 17.7. The highest BCUT2D eigenvalue weighted by Gasteiger charge is 2.32. The third-order valence-corrected chi connectivity index (χ3v) is 5.87. The number of anilines is 1. The van der Waals surface area contributed by atoms with Gasteiger partial charge in [-0.05, 0) is 35.2 Å². The number of rotatable bonds is 2. The van der Waals surface area contributed by atoms with Crippen molar-refractivity contribution in [2.24, 2.45) is 0 Å². The highest BCUT2D eigenvalue weighted by Crippen LogP contribution is 2.39. The zero-order chi connectivity index (χ0) is 16.5. The largest absolute Gasteiger partial charge is 0.309 e. The number of likely N-dealkylation sites (tertiary alicyclic amines) is 1. The first-order chi connectivity index (χ1) is 11.7. The van der Waals surface area contributed by atoms with Crippen LogP contribution in [-0.4, -0.2) is 35.4 Å². The Morgan fingerprint density at radius 2 is 1.96 bits per heavy atom. The molecule has 0 amide bonds. The van der Waals surface area contributed by atoms with Crippen molar-refractivity contribution in [2.75, 3.05) is 24.4 Å². The summed E-state index contributed by atoms with van der Waals surface area (Å²) in [5.74, 6) is 0. The van der Waals surface area contributed by atoms with Gasteiger partial charge in [-0.15, -0.1) is 0 Å². The van der Waals surface area contributed by atoms with Crippen LogP contribution in [0, 0.1) is 11.5 Å². The molecule has 0 bridgehead atoms. The van der Waals surface area contributed by atoms with Crippen LogP contribution in [0.15, 0.2) is 48.5 Å². The van der Waals surface area contributed by atoms with E-state index < -0.39 is 0 Å². The van der Waals surface area contributed by atoms with E-state index in [1.54, 1.807) is 12.1 Å². The van der Waals surface area contributed by atoms with Gasteiger partial charge in [0.15, 0.2) is 6.19 Å². The Morgan fingerprint density at radius 3 is 2.71 bits per heavy atom. The Bertz CT molecular complexity index is 771. The molecule has 122 valence electrons. The van der Waals surface area contributed by atoms with Crippen molar-refractivity contribution in [3.8, 4) is 17.3 Å². The van der Waals surface area contributed by atoms with Crippen molar-refractivity contribution < 1.29 is 0 Å². The van der Waals surface area contributed by atoms with E-state index in [0.29, 0.717) is 6.04 Å². The van der Waals surface area contributed by atoms with Crippen molar-refractivity contribution in [1.29, 1.82) is 5.26 Å². The zero-order valence-corrected chi connectivity index (χ0v) is 14.5. The molecule has 1 atom stereocenters. The summed E-state index contributed by atoms with van der Waals surface area (Å²) in [4.78, 5) is 1.86. The van der Waals surface area contributed by atoms with Crippen molar-refractivity contribution >= 4 is 17.8 Å². The predicted octanol–water partition coefficient (Wildman–Crippen LogP) is 3.72. The second-order valence-electron chi connectivity index (χ2n) is 6.35. The van der Waals surface area contributed by atoms with Crippen molar-refractivity contribution in [3.63, 3.8) is 0 Å². The first-order valence-corrected chi connectivity index (χ1v) is 8.99. The maximum Gasteiger partial charge on any atom is 0.179 e. The van der Waals surface area contributed by atoms with Gasteiger partial charge in [0.2, 0.25) is 0 Å². The van der Waals surface area contributed by atoms with Gasteiger partial charge in [-0.2, -0.15) is 5.26 Å². The lowest BCUT2D eigenvalue weighted by Crippen LogP contribution is -2.37. The molecule has 5 heteroatoms. The first kappa shape index (κ1) is 15.4. The zero-order valence-electron chi connectivity index (χ0n) is 13.7. The van der Waals surface area contributed by atoms with Crippen molar-refractivity contribution in [2.45, 2.75) is 19.0 Å². The van der Waals surface area contributed by atoms with E-state index in [9.17, 15) is 0 Å². The van der Waals surface area contributed by atoms with Crippen molar-refractivity contribution in [3.05, 3.63) is 54.1 Å². The third kappa shape index (κ3) is 2.83. The van der Waals surface area contributed by atoms with E-state index in [0.717, 1.165) is 26.1 Å². The van der Waals surface area contributed by atoms with E-state index in [1.807, 2.05) is 4.90 Å². The van der Waals surface area contributed by atoms with Crippen molar-refractivity contribution in [1.82, 2.24) is 9.21 Å². The minimum absolute atomic E-state index is 0.436. The van der Waals surface area contributed by atoms with E-state index in [-0.39, 0.29) is 0 Å². The highest BCUT2D eigenvalue weighted by molar-refractivity contribution is 7.98. The van der Waals surface area contributed by atoms with Crippen LogP contribution >= 0.6 is 12.1 Å². The summed E-state index contributed by atoms with van der Waals surface area (Å²) in [5.41, 5.74) is 5.16. The monoisotopic (exact) mass is 336 g/mol. The molecule has 2 aliphatic heterocycles. The molecule has 1 saturated heterocycles. The van der Waals surface area contributed by atoms with E-state index in [2.05, 4.69) is 70.4 Å². The third-order valence-electron chi connectivity index (χ3n) is 4.79. The number of fused-ring (bicyclic) bond motifs is 1. The molecule has 4 nitrogen and oxygen atoms in total. The van der Waals surface area contributed by atoms with Crippen LogP contribution in [0.25, 0.3) is 11.1 Å². The lowest BCUT2D eigenvalue weighted by Gasteiger charge is -2.37. The minimum Gasteiger partial charge on any atom is -0.309 e. The Morgan fingerprint density at radius 1 is 1.12 bits per heavy atom. The molecule has 0 N–H and O–H groups in total. The van der Waals surface area contributed by atoms with Crippen LogP contribution in [0.3, 0.4) is 0 Å². The number of nitrogens with zero attached hydrogens (tertiary/aromatic N) is 4. The molecule has 1 unspecified atom stereocenters. The van der Waals surface area contributed by atoms with Gasteiger partial charge in [-0.25, -0.2) is 4.31 Å². The normalized spacial score (nSPS) is 20.8. The number of benzene rings is 2. The molecule has 2 aromatic rings. The molecule has 2 heterocycles. The smallest absolute Gasteiger partial charge is 0.179 e. The maximum absolute atomic E-state index is 9.09. The topological polar surface area (TPSA) is 33.5 Å². The number of hydrogen-bond donors (Lipinski definition) is 0. The predicted molar refractivity (Wildman–Crippen MR) is 99.0 cm³/mol. The van der Waals surface area contributed by atoms with Crippen LogP contribution in [0.1, 0.15) is 12.0 Å². The molecule has 0 radical (unpaired) electrons. The maximum atomic E-state index is 9.09. The minimum atomic E-state index is 0.436. The summed E-state index contributed by atoms with van der Waals surface area (Å²) < 4.78 is 4.66. The molecule has 2 aliphatic rings. The molecule has 0 aromatic heterocycles. The fourth-order valence-electron chi connectivity index (χ4n) is 3.49. The van der Waals surface area contributed by atoms with Gasteiger partial charge in [0.05, 0.1) is 5.69 Å². The standard InChI is InChI=1S/C19H20N4S/c1-21-19-8-7-16(15-5-3-2-4-6-15)11-17(19)12-23(24-21)18-9-10-22(13-18)14-20/h2-8,11,18H,9-10,12-13H2,1H3. The van der Waals surface area contributed by atoms with Gasteiger partial charge in [0.25, 0.3) is 0 Å². The average Bonchev–Trinajstić information content (AvgIpc) is 3.11. The van der Waals surface area contributed by atoms with Gasteiger partial charge in [-0.1, -0.05) is 36.4 Å². The van der Waals surface area contributed by atoms with Gasteiger partial charge in [0.1, 0.15) is 0 Å². The SMILES string of the molecule is CN1SN(C2CCN(C#N)C2)Cc2cc(-c3ccccc3)ccc21. The first-order valence-electron chi connectivity index (χ1n) is 8.26. The Labute approximate surface area is 147 Å². The second-order valence-corrected chi connectivity index (χ2v) is 7.53. The summed E-state index contributed by atoms with van der Waals surface area (Å²) in [5, 5.41) is 9.09. The van der Waals surface area contributed by atoms with Crippen LogP contribution in [0.4, 0.5) is 5.69 Å². The molecule has 0 saturated carbocycles. The number of hydrogen-bond acceptors (Lipinski definition) is 5. The second kappa shape index (κ2) is 6.39. The van der Waals surface area contributed by atoms with Crippen LogP contribution < -0.4 is 4.31 Å². The Kier molecular flexibility index (Phi) is 4.09. The van der Waals surface area contributed by atoms with E-state index in [1.165, 1.54) is 22.4 Å². The fourth-order valence-corrected chi connectivity index (χ4v) is 4.57.